The summed E-state index contributed by atoms with van der Waals surface area (Å²) in [6.45, 7) is 0.374. The molecule has 5 heteroatoms. The lowest BCUT2D eigenvalue weighted by molar-refractivity contribution is 0.163. The maximum absolute atomic E-state index is 12.3. The zero-order valence-electron chi connectivity index (χ0n) is 11.8. The lowest BCUT2D eigenvalue weighted by atomic mass is 10.2. The van der Waals surface area contributed by atoms with E-state index in [2.05, 4.69) is 5.32 Å². The lowest BCUT2D eigenvalue weighted by Gasteiger charge is -2.28. The molecule has 1 aromatic carbocycles. The fourth-order valence-corrected chi connectivity index (χ4v) is 2.64. The molecule has 1 aliphatic carbocycles. The molecule has 20 heavy (non-hydrogen) atoms. The van der Waals surface area contributed by atoms with Crippen LogP contribution in [0.1, 0.15) is 25.7 Å². The van der Waals surface area contributed by atoms with Crippen LogP contribution in [0.2, 0.25) is 0 Å². The van der Waals surface area contributed by atoms with Crippen molar-refractivity contribution in [3.05, 3.63) is 24.3 Å². The van der Waals surface area contributed by atoms with Crippen LogP contribution in [0.15, 0.2) is 24.3 Å². The summed E-state index contributed by atoms with van der Waals surface area (Å²) in [6, 6.07) is 7.34. The average Bonchev–Trinajstić information content (AvgIpc) is 2.99. The van der Waals surface area contributed by atoms with Crippen molar-refractivity contribution in [3.8, 4) is 5.75 Å². The van der Waals surface area contributed by atoms with E-state index in [0.29, 0.717) is 6.54 Å². The summed E-state index contributed by atoms with van der Waals surface area (Å²) < 4.78 is 5.09. The Kier molecular flexibility index (Phi) is 5.24. The second-order valence-corrected chi connectivity index (χ2v) is 5.01. The van der Waals surface area contributed by atoms with Crippen molar-refractivity contribution in [2.45, 2.75) is 31.7 Å². The van der Waals surface area contributed by atoms with Crippen molar-refractivity contribution in [1.29, 1.82) is 0 Å². The third-order valence-electron chi connectivity index (χ3n) is 3.71. The van der Waals surface area contributed by atoms with Crippen molar-refractivity contribution in [2.24, 2.45) is 0 Å². The van der Waals surface area contributed by atoms with Gasteiger partial charge in [0.15, 0.2) is 0 Å². The van der Waals surface area contributed by atoms with E-state index in [4.69, 9.17) is 9.84 Å². The summed E-state index contributed by atoms with van der Waals surface area (Å²) in [7, 11) is 1.61. The van der Waals surface area contributed by atoms with E-state index >= 15 is 0 Å². The highest BCUT2D eigenvalue weighted by Gasteiger charge is 2.26. The number of anilines is 1. The van der Waals surface area contributed by atoms with Gasteiger partial charge in [-0.1, -0.05) is 12.8 Å². The molecule has 0 bridgehead atoms. The largest absolute Gasteiger partial charge is 0.497 e. The number of aliphatic hydroxyl groups is 1. The maximum atomic E-state index is 12.3. The van der Waals surface area contributed by atoms with Crippen molar-refractivity contribution >= 4 is 11.7 Å². The first kappa shape index (κ1) is 14.7. The number of rotatable bonds is 5. The Hall–Kier alpha value is -1.75. The third-order valence-corrected chi connectivity index (χ3v) is 3.71. The predicted molar refractivity (Wildman–Crippen MR) is 78.1 cm³/mol. The minimum absolute atomic E-state index is 0.00741. The molecule has 2 amide bonds. The standard InChI is InChI=1S/C15H22N2O3/c1-20-14-8-6-12(7-9-14)16-15(19)17(10-11-18)13-4-2-3-5-13/h6-9,13,18H,2-5,10-11H2,1H3,(H,16,19). The van der Waals surface area contributed by atoms with E-state index in [1.165, 1.54) is 0 Å². The highest BCUT2D eigenvalue weighted by molar-refractivity contribution is 5.89. The van der Waals surface area contributed by atoms with Gasteiger partial charge in [-0.15, -0.1) is 0 Å². The zero-order chi connectivity index (χ0) is 14.4. The van der Waals surface area contributed by atoms with E-state index in [1.54, 1.807) is 12.0 Å². The van der Waals surface area contributed by atoms with E-state index in [0.717, 1.165) is 37.1 Å². The summed E-state index contributed by atoms with van der Waals surface area (Å²) in [4.78, 5) is 14.1. The molecule has 110 valence electrons. The number of hydrogen-bond acceptors (Lipinski definition) is 3. The molecule has 0 saturated heterocycles. The molecule has 1 aromatic rings. The van der Waals surface area contributed by atoms with Crippen molar-refractivity contribution in [2.75, 3.05) is 25.6 Å². The Balaban J connectivity index is 1.99. The molecule has 0 unspecified atom stereocenters. The number of nitrogens with zero attached hydrogens (tertiary/aromatic N) is 1. The van der Waals surface area contributed by atoms with Gasteiger partial charge in [-0.05, 0) is 37.1 Å². The molecule has 0 spiro atoms. The van der Waals surface area contributed by atoms with Crippen LogP contribution in [-0.4, -0.2) is 42.3 Å². The number of hydrogen-bond donors (Lipinski definition) is 2. The maximum Gasteiger partial charge on any atom is 0.322 e. The van der Waals surface area contributed by atoms with Gasteiger partial charge in [-0.25, -0.2) is 4.79 Å². The molecule has 0 radical (unpaired) electrons. The Bertz CT molecular complexity index is 427. The van der Waals surface area contributed by atoms with Gasteiger partial charge in [-0.2, -0.15) is 0 Å². The van der Waals surface area contributed by atoms with Crippen LogP contribution < -0.4 is 10.1 Å². The van der Waals surface area contributed by atoms with Crippen LogP contribution in [0, 0.1) is 0 Å². The van der Waals surface area contributed by atoms with Crippen LogP contribution in [-0.2, 0) is 0 Å². The minimum atomic E-state index is -0.142. The third kappa shape index (κ3) is 3.63. The highest BCUT2D eigenvalue weighted by Crippen LogP contribution is 2.24. The van der Waals surface area contributed by atoms with Gasteiger partial charge in [0.05, 0.1) is 13.7 Å². The van der Waals surface area contributed by atoms with Crippen molar-refractivity contribution < 1.29 is 14.6 Å². The van der Waals surface area contributed by atoms with Gasteiger partial charge in [0, 0.05) is 18.3 Å². The fraction of sp³-hybridized carbons (Fsp3) is 0.533. The molecule has 1 aliphatic rings. The van der Waals surface area contributed by atoms with Crippen LogP contribution in [0.25, 0.3) is 0 Å². The van der Waals surface area contributed by atoms with Gasteiger partial charge in [0.25, 0.3) is 0 Å². The molecule has 1 fully saturated rings. The fourth-order valence-electron chi connectivity index (χ4n) is 2.64. The Morgan fingerprint density at radius 1 is 1.35 bits per heavy atom. The summed E-state index contributed by atoms with van der Waals surface area (Å²) in [5, 5.41) is 12.0. The van der Waals surface area contributed by atoms with E-state index < -0.39 is 0 Å². The Morgan fingerprint density at radius 2 is 2.00 bits per heavy atom. The normalized spacial score (nSPS) is 15.1. The van der Waals surface area contributed by atoms with Gasteiger partial charge in [0.1, 0.15) is 5.75 Å². The first-order valence-electron chi connectivity index (χ1n) is 7.07. The van der Waals surface area contributed by atoms with E-state index in [-0.39, 0.29) is 18.7 Å². The molecule has 5 nitrogen and oxygen atoms in total. The van der Waals surface area contributed by atoms with Gasteiger partial charge in [-0.3, -0.25) is 0 Å². The highest BCUT2D eigenvalue weighted by atomic mass is 16.5. The lowest BCUT2D eigenvalue weighted by Crippen LogP contribution is -2.43. The van der Waals surface area contributed by atoms with E-state index in [9.17, 15) is 4.79 Å². The first-order valence-corrected chi connectivity index (χ1v) is 7.07. The molecule has 0 aliphatic heterocycles. The number of ether oxygens (including phenoxy) is 1. The first-order chi connectivity index (χ1) is 9.74. The number of aliphatic hydroxyl groups excluding tert-OH is 1. The second kappa shape index (κ2) is 7.14. The van der Waals surface area contributed by atoms with Crippen LogP contribution in [0.5, 0.6) is 5.75 Å². The number of amides is 2. The summed E-state index contributed by atoms with van der Waals surface area (Å²) >= 11 is 0. The summed E-state index contributed by atoms with van der Waals surface area (Å²) in [5.74, 6) is 0.756. The topological polar surface area (TPSA) is 61.8 Å². The van der Waals surface area contributed by atoms with Crippen LogP contribution in [0.3, 0.4) is 0 Å². The number of methoxy groups -OCH3 is 1. The minimum Gasteiger partial charge on any atom is -0.497 e. The number of nitrogens with one attached hydrogen (secondary N) is 1. The van der Waals surface area contributed by atoms with Crippen LogP contribution >= 0.6 is 0 Å². The van der Waals surface area contributed by atoms with Crippen molar-refractivity contribution in [3.63, 3.8) is 0 Å². The van der Waals surface area contributed by atoms with E-state index in [1.807, 2.05) is 24.3 Å². The molecule has 1 saturated carbocycles. The molecule has 0 heterocycles. The van der Waals surface area contributed by atoms with Crippen molar-refractivity contribution in [1.82, 2.24) is 4.90 Å². The van der Waals surface area contributed by atoms with Gasteiger partial charge < -0.3 is 20.1 Å². The monoisotopic (exact) mass is 278 g/mol. The summed E-state index contributed by atoms with van der Waals surface area (Å²) in [5.41, 5.74) is 0.733. The molecular weight excluding hydrogens is 256 g/mol. The van der Waals surface area contributed by atoms with Gasteiger partial charge >= 0.3 is 6.03 Å². The molecule has 0 atom stereocenters. The number of benzene rings is 1. The molecule has 2 N–H and O–H groups in total. The quantitative estimate of drug-likeness (QED) is 0.869. The van der Waals surface area contributed by atoms with Crippen LogP contribution in [0.4, 0.5) is 10.5 Å². The Morgan fingerprint density at radius 3 is 2.55 bits per heavy atom. The number of carbonyl (C=O) groups is 1. The molecule has 2 rings (SSSR count). The second-order valence-electron chi connectivity index (χ2n) is 5.01. The number of urea groups is 1. The SMILES string of the molecule is COc1ccc(NC(=O)N(CCO)C2CCCC2)cc1. The summed E-state index contributed by atoms with van der Waals surface area (Å²) in [6.07, 6.45) is 4.36. The smallest absolute Gasteiger partial charge is 0.322 e. The molecular formula is C15H22N2O3. The Labute approximate surface area is 119 Å². The van der Waals surface area contributed by atoms with Gasteiger partial charge in [0.2, 0.25) is 0 Å². The zero-order valence-corrected chi connectivity index (χ0v) is 11.8. The average molecular weight is 278 g/mol. The molecule has 0 aromatic heterocycles. The number of carbonyl (C=O) groups excluding carboxylic acids is 1. The predicted octanol–water partition coefficient (Wildman–Crippen LogP) is 2.46.